The third kappa shape index (κ3) is 7.67. The highest BCUT2D eigenvalue weighted by atomic mass is 16.5. The summed E-state index contributed by atoms with van der Waals surface area (Å²) in [6.07, 6.45) is 6.68. The lowest BCUT2D eigenvalue weighted by atomic mass is 10.2. The van der Waals surface area contributed by atoms with Gasteiger partial charge < -0.3 is 29.6 Å². The van der Waals surface area contributed by atoms with Crippen molar-refractivity contribution in [2.24, 2.45) is 0 Å². The van der Waals surface area contributed by atoms with E-state index >= 15 is 0 Å². The number of imidazole rings is 1. The van der Waals surface area contributed by atoms with Gasteiger partial charge in [-0.05, 0) is 19.0 Å². The number of carbonyl (C=O) groups is 2. The number of aromatic nitrogens is 2. The van der Waals surface area contributed by atoms with E-state index in [-0.39, 0.29) is 0 Å². The minimum absolute atomic E-state index is 0.789. The molecule has 2 rings (SSSR count). The maximum atomic E-state index is 9.10. The van der Waals surface area contributed by atoms with Crippen molar-refractivity contribution in [1.82, 2.24) is 14.9 Å². The Labute approximate surface area is 151 Å². The van der Waals surface area contributed by atoms with E-state index in [2.05, 4.69) is 14.9 Å². The summed E-state index contributed by atoms with van der Waals surface area (Å²) in [7, 11) is 3.33. The quantitative estimate of drug-likeness (QED) is 0.472. The second kappa shape index (κ2) is 11.5. The molecule has 142 valence electrons. The standard InChI is InChI=1S/C15H21N3O2.C2H2O4/c1-19-14-5-4-13(15(10-14)20-2)11-16-6-3-8-18-9-7-17-12-18;3-1(4)2(5)6/h4-5,7,9-10,12,16H,3,6,8,11H2,1-2H3;(H,3,4)(H,5,6). The largest absolute Gasteiger partial charge is 0.497 e. The zero-order valence-corrected chi connectivity index (χ0v) is 14.7. The molecule has 0 saturated carbocycles. The fourth-order valence-electron chi connectivity index (χ4n) is 2.03. The van der Waals surface area contributed by atoms with Crippen molar-refractivity contribution in [1.29, 1.82) is 0 Å². The number of aryl methyl sites for hydroxylation is 1. The molecule has 26 heavy (non-hydrogen) atoms. The lowest BCUT2D eigenvalue weighted by molar-refractivity contribution is -0.159. The highest BCUT2D eigenvalue weighted by Gasteiger charge is 2.05. The fraction of sp³-hybridized carbons (Fsp3) is 0.353. The summed E-state index contributed by atoms with van der Waals surface area (Å²) in [5.41, 5.74) is 1.14. The first-order valence-electron chi connectivity index (χ1n) is 7.81. The molecule has 0 aliphatic carbocycles. The molecule has 0 unspecified atom stereocenters. The maximum absolute atomic E-state index is 9.10. The number of hydrogen-bond donors (Lipinski definition) is 3. The second-order valence-corrected chi connectivity index (χ2v) is 5.12. The normalized spacial score (nSPS) is 9.77. The van der Waals surface area contributed by atoms with Gasteiger partial charge in [0.15, 0.2) is 0 Å². The van der Waals surface area contributed by atoms with E-state index in [1.807, 2.05) is 30.7 Å². The molecule has 2 aromatic rings. The lowest BCUT2D eigenvalue weighted by Gasteiger charge is -2.11. The monoisotopic (exact) mass is 365 g/mol. The first-order chi connectivity index (χ1) is 12.5. The third-order valence-electron chi connectivity index (χ3n) is 3.32. The number of hydrogen-bond acceptors (Lipinski definition) is 6. The van der Waals surface area contributed by atoms with Crippen LogP contribution in [0.4, 0.5) is 0 Å². The van der Waals surface area contributed by atoms with Crippen molar-refractivity contribution in [2.45, 2.75) is 19.5 Å². The molecule has 1 heterocycles. The molecule has 0 amide bonds. The first kappa shape index (κ1) is 21.0. The average Bonchev–Trinajstić information content (AvgIpc) is 3.15. The van der Waals surface area contributed by atoms with Crippen LogP contribution in [-0.2, 0) is 22.7 Å². The van der Waals surface area contributed by atoms with E-state index in [0.29, 0.717) is 0 Å². The van der Waals surface area contributed by atoms with E-state index in [1.165, 1.54) is 0 Å². The zero-order valence-electron chi connectivity index (χ0n) is 14.7. The summed E-state index contributed by atoms with van der Waals surface area (Å²) in [6, 6.07) is 5.88. The third-order valence-corrected chi connectivity index (χ3v) is 3.32. The molecule has 0 atom stereocenters. The molecule has 3 N–H and O–H groups in total. The topological polar surface area (TPSA) is 123 Å². The molecule has 0 aliphatic heterocycles. The van der Waals surface area contributed by atoms with Gasteiger partial charge in [0.1, 0.15) is 11.5 Å². The van der Waals surface area contributed by atoms with Crippen molar-refractivity contribution < 1.29 is 29.3 Å². The van der Waals surface area contributed by atoms with Crippen molar-refractivity contribution in [3.05, 3.63) is 42.5 Å². The van der Waals surface area contributed by atoms with Gasteiger partial charge >= 0.3 is 11.9 Å². The van der Waals surface area contributed by atoms with Crippen LogP contribution in [0.15, 0.2) is 36.9 Å². The minimum Gasteiger partial charge on any atom is -0.497 e. The summed E-state index contributed by atoms with van der Waals surface area (Å²) in [5.74, 6) is -1.98. The molecule has 0 bridgehead atoms. The van der Waals surface area contributed by atoms with Gasteiger partial charge in [-0.1, -0.05) is 6.07 Å². The van der Waals surface area contributed by atoms with Crippen LogP contribution < -0.4 is 14.8 Å². The number of aliphatic carboxylic acids is 2. The number of carboxylic acid groups (broad SMARTS) is 2. The van der Waals surface area contributed by atoms with Crippen LogP contribution >= 0.6 is 0 Å². The number of nitrogens with one attached hydrogen (secondary N) is 1. The predicted molar refractivity (Wildman–Crippen MR) is 93.4 cm³/mol. The first-order valence-corrected chi connectivity index (χ1v) is 7.81. The number of ether oxygens (including phenoxy) is 2. The molecule has 0 spiro atoms. The molecule has 0 fully saturated rings. The Hall–Kier alpha value is -3.07. The Morgan fingerprint density at radius 1 is 1.19 bits per heavy atom. The second-order valence-electron chi connectivity index (χ2n) is 5.12. The number of methoxy groups -OCH3 is 2. The zero-order chi connectivity index (χ0) is 19.4. The van der Waals surface area contributed by atoms with Gasteiger partial charge in [-0.25, -0.2) is 14.6 Å². The maximum Gasteiger partial charge on any atom is 0.414 e. The predicted octanol–water partition coefficient (Wildman–Crippen LogP) is 1.24. The van der Waals surface area contributed by atoms with E-state index in [4.69, 9.17) is 29.3 Å². The van der Waals surface area contributed by atoms with Gasteiger partial charge in [0.2, 0.25) is 0 Å². The summed E-state index contributed by atoms with van der Waals surface area (Å²) >= 11 is 0. The highest BCUT2D eigenvalue weighted by molar-refractivity contribution is 6.27. The molecule has 0 aliphatic rings. The van der Waals surface area contributed by atoms with Crippen molar-refractivity contribution in [3.63, 3.8) is 0 Å². The van der Waals surface area contributed by atoms with Crippen LogP contribution in [0.5, 0.6) is 11.5 Å². The van der Waals surface area contributed by atoms with Crippen molar-refractivity contribution in [3.8, 4) is 11.5 Å². The summed E-state index contributed by atoms with van der Waals surface area (Å²) < 4.78 is 12.6. The van der Waals surface area contributed by atoms with Crippen LogP contribution in [0, 0.1) is 0 Å². The average molecular weight is 365 g/mol. The van der Waals surface area contributed by atoms with Crippen LogP contribution in [0.25, 0.3) is 0 Å². The van der Waals surface area contributed by atoms with Gasteiger partial charge in [-0.15, -0.1) is 0 Å². The molecule has 9 heteroatoms. The molecular formula is C17H23N3O6. The Morgan fingerprint density at radius 2 is 1.92 bits per heavy atom. The number of rotatable bonds is 8. The van der Waals surface area contributed by atoms with Crippen LogP contribution in [0.3, 0.4) is 0 Å². The Kier molecular flexibility index (Phi) is 9.26. The van der Waals surface area contributed by atoms with Crippen LogP contribution in [-0.4, -0.2) is 52.5 Å². The minimum atomic E-state index is -1.82. The van der Waals surface area contributed by atoms with Crippen molar-refractivity contribution in [2.75, 3.05) is 20.8 Å². The SMILES string of the molecule is COc1ccc(CNCCCn2ccnc2)c(OC)c1.O=C(O)C(=O)O. The summed E-state index contributed by atoms with van der Waals surface area (Å²) in [6.45, 7) is 2.72. The molecule has 1 aromatic carbocycles. The van der Waals surface area contributed by atoms with Gasteiger partial charge in [-0.3, -0.25) is 0 Å². The molecule has 0 radical (unpaired) electrons. The van der Waals surface area contributed by atoms with Gasteiger partial charge in [0, 0.05) is 37.1 Å². The Balaban J connectivity index is 0.000000487. The molecule has 0 saturated heterocycles. The highest BCUT2D eigenvalue weighted by Crippen LogP contribution is 2.24. The van der Waals surface area contributed by atoms with E-state index in [9.17, 15) is 0 Å². The van der Waals surface area contributed by atoms with E-state index < -0.39 is 11.9 Å². The number of benzene rings is 1. The summed E-state index contributed by atoms with van der Waals surface area (Å²) in [5, 5.41) is 18.2. The van der Waals surface area contributed by atoms with Gasteiger partial charge in [0.05, 0.1) is 20.5 Å². The number of nitrogens with zero attached hydrogens (tertiary/aromatic N) is 2. The fourth-order valence-corrected chi connectivity index (χ4v) is 2.03. The van der Waals surface area contributed by atoms with E-state index in [1.54, 1.807) is 20.4 Å². The van der Waals surface area contributed by atoms with Crippen LogP contribution in [0.1, 0.15) is 12.0 Å². The Bertz CT molecular complexity index is 676. The molecule has 9 nitrogen and oxygen atoms in total. The Morgan fingerprint density at radius 3 is 2.46 bits per heavy atom. The number of carboxylic acids is 2. The van der Waals surface area contributed by atoms with Gasteiger partial charge in [0.25, 0.3) is 0 Å². The lowest BCUT2D eigenvalue weighted by Crippen LogP contribution is -2.16. The van der Waals surface area contributed by atoms with Gasteiger partial charge in [-0.2, -0.15) is 0 Å². The van der Waals surface area contributed by atoms with E-state index in [0.717, 1.165) is 43.1 Å². The van der Waals surface area contributed by atoms with Crippen LogP contribution in [0.2, 0.25) is 0 Å². The smallest absolute Gasteiger partial charge is 0.414 e. The molecular weight excluding hydrogens is 342 g/mol. The van der Waals surface area contributed by atoms with Crippen molar-refractivity contribution >= 4 is 11.9 Å². The summed E-state index contributed by atoms with van der Waals surface area (Å²) in [4.78, 5) is 22.2. The molecule has 1 aromatic heterocycles.